The molecule has 0 amide bonds. The Hall–Kier alpha value is -0.0900. The summed E-state index contributed by atoms with van der Waals surface area (Å²) < 4.78 is 23.2. The fourth-order valence-electron chi connectivity index (χ4n) is 3.43. The molecule has 0 spiro atoms. The van der Waals surface area contributed by atoms with Gasteiger partial charge in [0.15, 0.2) is 0 Å². The largest absolute Gasteiger partial charge is 0.317 e. The van der Waals surface area contributed by atoms with Crippen molar-refractivity contribution in [2.24, 2.45) is 11.8 Å². The summed E-state index contributed by atoms with van der Waals surface area (Å²) >= 11 is 0. The van der Waals surface area contributed by atoms with Gasteiger partial charge in [-0.1, -0.05) is 12.8 Å². The third-order valence-corrected chi connectivity index (χ3v) is 6.10. The van der Waals surface area contributed by atoms with Gasteiger partial charge >= 0.3 is 0 Å². The Bertz CT molecular complexity index is 333. The van der Waals surface area contributed by atoms with Gasteiger partial charge in [0, 0.05) is 6.26 Å². The first-order valence-electron chi connectivity index (χ1n) is 6.95. The molecule has 0 aromatic carbocycles. The summed E-state index contributed by atoms with van der Waals surface area (Å²) in [6.07, 6.45) is 9.38. The molecule has 2 rings (SSSR count). The molecule has 0 radical (unpaired) electrons. The Labute approximate surface area is 105 Å². The van der Waals surface area contributed by atoms with Gasteiger partial charge in [0.05, 0.1) is 5.25 Å². The van der Waals surface area contributed by atoms with E-state index in [9.17, 15) is 8.42 Å². The van der Waals surface area contributed by atoms with Crippen molar-refractivity contribution in [1.82, 2.24) is 5.32 Å². The second-order valence-electron chi connectivity index (χ2n) is 5.91. The molecule has 1 saturated carbocycles. The Morgan fingerprint density at radius 1 is 1.06 bits per heavy atom. The number of rotatable bonds is 3. The molecule has 1 heterocycles. The predicted octanol–water partition coefficient (Wildman–Crippen LogP) is 1.98. The van der Waals surface area contributed by atoms with Gasteiger partial charge in [0.25, 0.3) is 0 Å². The third-order valence-electron chi connectivity index (χ3n) is 4.47. The van der Waals surface area contributed by atoms with E-state index in [4.69, 9.17) is 0 Å². The highest BCUT2D eigenvalue weighted by Gasteiger charge is 2.30. The summed E-state index contributed by atoms with van der Waals surface area (Å²) in [5.41, 5.74) is 0. The summed E-state index contributed by atoms with van der Waals surface area (Å²) in [7, 11) is -2.81. The number of hydrogen-bond acceptors (Lipinski definition) is 3. The van der Waals surface area contributed by atoms with Crippen molar-refractivity contribution in [3.05, 3.63) is 0 Å². The average Bonchev–Trinajstić information content (AvgIpc) is 2.29. The molecule has 1 aliphatic heterocycles. The number of hydrogen-bond donors (Lipinski definition) is 1. The number of nitrogens with one attached hydrogen (secondary N) is 1. The van der Waals surface area contributed by atoms with Crippen LogP contribution in [0.2, 0.25) is 0 Å². The van der Waals surface area contributed by atoms with Gasteiger partial charge in [-0.15, -0.1) is 0 Å². The van der Waals surface area contributed by atoms with Crippen LogP contribution in [0.25, 0.3) is 0 Å². The minimum atomic E-state index is -2.81. The maximum absolute atomic E-state index is 11.6. The van der Waals surface area contributed by atoms with Crippen molar-refractivity contribution in [1.29, 1.82) is 0 Å². The number of piperidine rings is 1. The van der Waals surface area contributed by atoms with E-state index < -0.39 is 9.84 Å². The van der Waals surface area contributed by atoms with Crippen molar-refractivity contribution in [2.45, 2.75) is 50.2 Å². The molecule has 100 valence electrons. The predicted molar refractivity (Wildman–Crippen MR) is 70.8 cm³/mol. The zero-order valence-corrected chi connectivity index (χ0v) is 11.6. The van der Waals surface area contributed by atoms with Gasteiger partial charge in [0.1, 0.15) is 9.84 Å². The van der Waals surface area contributed by atoms with Crippen molar-refractivity contribution in [2.75, 3.05) is 19.3 Å². The van der Waals surface area contributed by atoms with Gasteiger partial charge < -0.3 is 5.32 Å². The fraction of sp³-hybridized carbons (Fsp3) is 1.00. The van der Waals surface area contributed by atoms with E-state index in [1.54, 1.807) is 0 Å². The summed E-state index contributed by atoms with van der Waals surface area (Å²) in [6.45, 7) is 2.29. The molecule has 0 bridgehead atoms. The highest BCUT2D eigenvalue weighted by atomic mass is 32.2. The first kappa shape index (κ1) is 13.3. The summed E-state index contributed by atoms with van der Waals surface area (Å²) in [6, 6.07) is 0. The Morgan fingerprint density at radius 3 is 2.41 bits per heavy atom. The van der Waals surface area contributed by atoms with Crippen LogP contribution in [0.1, 0.15) is 44.9 Å². The first-order valence-corrected chi connectivity index (χ1v) is 8.90. The fourth-order valence-corrected chi connectivity index (χ4v) is 4.65. The van der Waals surface area contributed by atoms with Crippen molar-refractivity contribution in [3.63, 3.8) is 0 Å². The van der Waals surface area contributed by atoms with Crippen LogP contribution in [0.15, 0.2) is 0 Å². The molecule has 2 fully saturated rings. The maximum Gasteiger partial charge on any atom is 0.150 e. The van der Waals surface area contributed by atoms with E-state index in [1.165, 1.54) is 31.9 Å². The Morgan fingerprint density at radius 2 is 1.76 bits per heavy atom. The highest BCUT2D eigenvalue weighted by Crippen LogP contribution is 2.34. The molecular formula is C13H25NO2S. The van der Waals surface area contributed by atoms with Crippen LogP contribution in [0.3, 0.4) is 0 Å². The molecule has 2 aliphatic rings. The minimum absolute atomic E-state index is 0.0528. The van der Waals surface area contributed by atoms with E-state index in [2.05, 4.69) is 5.32 Å². The molecule has 4 heteroatoms. The maximum atomic E-state index is 11.6. The lowest BCUT2D eigenvalue weighted by Gasteiger charge is -2.32. The molecule has 1 aliphatic carbocycles. The van der Waals surface area contributed by atoms with E-state index in [-0.39, 0.29) is 5.25 Å². The van der Waals surface area contributed by atoms with Crippen LogP contribution in [0.4, 0.5) is 0 Å². The molecule has 0 aromatic heterocycles. The van der Waals surface area contributed by atoms with Crippen LogP contribution in [-0.4, -0.2) is 33.0 Å². The minimum Gasteiger partial charge on any atom is -0.317 e. The molecule has 3 nitrogen and oxygen atoms in total. The smallest absolute Gasteiger partial charge is 0.150 e. The Kier molecular flexibility index (Phi) is 4.47. The lowest BCUT2D eigenvalue weighted by atomic mass is 9.80. The molecule has 1 saturated heterocycles. The lowest BCUT2D eigenvalue weighted by Crippen LogP contribution is -2.32. The van der Waals surface area contributed by atoms with Crippen LogP contribution in [-0.2, 0) is 9.84 Å². The third kappa shape index (κ3) is 3.95. The SMILES string of the molecule is CS(=O)(=O)C1CCCC(CC2CCNCC2)C1. The Balaban J connectivity index is 1.84. The normalized spacial score (nSPS) is 32.5. The van der Waals surface area contributed by atoms with Gasteiger partial charge in [-0.25, -0.2) is 8.42 Å². The van der Waals surface area contributed by atoms with Crippen LogP contribution in [0.5, 0.6) is 0 Å². The first-order chi connectivity index (χ1) is 8.05. The topological polar surface area (TPSA) is 46.2 Å². The zero-order valence-electron chi connectivity index (χ0n) is 10.8. The highest BCUT2D eigenvalue weighted by molar-refractivity contribution is 7.91. The van der Waals surface area contributed by atoms with Gasteiger partial charge in [-0.2, -0.15) is 0 Å². The van der Waals surface area contributed by atoms with Crippen molar-refractivity contribution in [3.8, 4) is 0 Å². The summed E-state index contributed by atoms with van der Waals surface area (Å²) in [5, 5.41) is 3.34. The second kappa shape index (κ2) is 5.70. The van der Waals surface area contributed by atoms with E-state index in [0.29, 0.717) is 5.92 Å². The molecule has 2 unspecified atom stereocenters. The monoisotopic (exact) mass is 259 g/mol. The van der Waals surface area contributed by atoms with E-state index in [0.717, 1.165) is 38.3 Å². The number of sulfone groups is 1. The quantitative estimate of drug-likeness (QED) is 0.843. The summed E-state index contributed by atoms with van der Waals surface area (Å²) in [5.74, 6) is 1.49. The van der Waals surface area contributed by atoms with E-state index in [1.807, 2.05) is 0 Å². The van der Waals surface area contributed by atoms with Crippen LogP contribution >= 0.6 is 0 Å². The molecule has 17 heavy (non-hydrogen) atoms. The molecular weight excluding hydrogens is 234 g/mol. The average molecular weight is 259 g/mol. The standard InChI is InChI=1S/C13H25NO2S/c1-17(15,16)13-4-2-3-12(10-13)9-11-5-7-14-8-6-11/h11-14H,2-10H2,1H3. The second-order valence-corrected chi connectivity index (χ2v) is 8.24. The lowest BCUT2D eigenvalue weighted by molar-refractivity contribution is 0.252. The molecule has 0 aromatic rings. The molecule has 1 N–H and O–H groups in total. The van der Waals surface area contributed by atoms with Gasteiger partial charge in [-0.3, -0.25) is 0 Å². The molecule has 2 atom stereocenters. The zero-order chi connectivity index (χ0) is 12.3. The van der Waals surface area contributed by atoms with Crippen LogP contribution < -0.4 is 5.32 Å². The van der Waals surface area contributed by atoms with Gasteiger partial charge in [0.2, 0.25) is 0 Å². The van der Waals surface area contributed by atoms with Crippen LogP contribution in [0, 0.1) is 11.8 Å². The van der Waals surface area contributed by atoms with Crippen molar-refractivity contribution < 1.29 is 8.42 Å². The summed E-state index contributed by atoms with van der Waals surface area (Å²) in [4.78, 5) is 0. The van der Waals surface area contributed by atoms with E-state index >= 15 is 0 Å². The van der Waals surface area contributed by atoms with Crippen molar-refractivity contribution >= 4 is 9.84 Å². The van der Waals surface area contributed by atoms with Gasteiger partial charge in [-0.05, 0) is 57.0 Å².